The highest BCUT2D eigenvalue weighted by molar-refractivity contribution is 5.89. The summed E-state index contributed by atoms with van der Waals surface area (Å²) >= 11 is 0. The largest absolute Gasteiger partial charge is 0.462 e. The zero-order chi connectivity index (χ0) is 17.0. The summed E-state index contributed by atoms with van der Waals surface area (Å²) in [5.41, 5.74) is 2.70. The molecule has 1 aromatic rings. The number of benzene rings is 1. The fourth-order valence-electron chi connectivity index (χ4n) is 1.82. The van der Waals surface area contributed by atoms with E-state index in [0.29, 0.717) is 18.6 Å². The second-order valence-electron chi connectivity index (χ2n) is 5.25. The van der Waals surface area contributed by atoms with Crippen LogP contribution in [0.1, 0.15) is 54.6 Å². The van der Waals surface area contributed by atoms with Gasteiger partial charge in [0.25, 0.3) is 0 Å². The summed E-state index contributed by atoms with van der Waals surface area (Å²) in [6.07, 6.45) is 2.06. The summed E-state index contributed by atoms with van der Waals surface area (Å²) in [6, 6.07) is 5.67. The Balaban J connectivity index is 0.000000980. The molecule has 0 atom stereocenters. The van der Waals surface area contributed by atoms with Gasteiger partial charge in [-0.3, -0.25) is 0 Å². The molecular formula is C18H28O4. The average Bonchev–Trinajstić information content (AvgIpc) is 2.45. The predicted molar refractivity (Wildman–Crippen MR) is 88.3 cm³/mol. The number of ketones is 1. The number of aryl methyl sites for hydroxylation is 2. The van der Waals surface area contributed by atoms with E-state index in [9.17, 15) is 9.59 Å². The summed E-state index contributed by atoms with van der Waals surface area (Å²) in [7, 11) is 1.68. The fourth-order valence-corrected chi connectivity index (χ4v) is 1.82. The molecule has 124 valence electrons. The molecule has 0 amide bonds. The lowest BCUT2D eigenvalue weighted by atomic mass is 10.1. The van der Waals surface area contributed by atoms with E-state index in [1.54, 1.807) is 14.0 Å². The number of hydrogen-bond acceptors (Lipinski definition) is 4. The SMILES string of the molecule is CC(=O)CCCCOC(=O)c1cc(C)cc(C)c1.CCOC. The van der Waals surface area contributed by atoms with E-state index in [4.69, 9.17) is 4.74 Å². The van der Waals surface area contributed by atoms with Crippen molar-refractivity contribution in [1.82, 2.24) is 0 Å². The molecule has 0 aromatic heterocycles. The van der Waals surface area contributed by atoms with E-state index in [2.05, 4.69) is 4.74 Å². The van der Waals surface area contributed by atoms with Gasteiger partial charge in [0, 0.05) is 20.1 Å². The van der Waals surface area contributed by atoms with E-state index in [0.717, 1.165) is 30.6 Å². The van der Waals surface area contributed by atoms with Gasteiger partial charge in [0.05, 0.1) is 12.2 Å². The van der Waals surface area contributed by atoms with Crippen molar-refractivity contribution < 1.29 is 19.1 Å². The first kappa shape index (κ1) is 20.3. The number of methoxy groups -OCH3 is 1. The second-order valence-corrected chi connectivity index (χ2v) is 5.25. The van der Waals surface area contributed by atoms with E-state index >= 15 is 0 Å². The molecular weight excluding hydrogens is 280 g/mol. The summed E-state index contributed by atoms with van der Waals surface area (Å²) in [5, 5.41) is 0. The van der Waals surface area contributed by atoms with Crippen molar-refractivity contribution in [2.24, 2.45) is 0 Å². The van der Waals surface area contributed by atoms with Gasteiger partial charge < -0.3 is 14.3 Å². The van der Waals surface area contributed by atoms with Crippen LogP contribution < -0.4 is 0 Å². The lowest BCUT2D eigenvalue weighted by molar-refractivity contribution is -0.117. The smallest absolute Gasteiger partial charge is 0.338 e. The molecule has 4 nitrogen and oxygen atoms in total. The minimum Gasteiger partial charge on any atom is -0.462 e. The topological polar surface area (TPSA) is 52.6 Å². The molecule has 22 heavy (non-hydrogen) atoms. The number of ether oxygens (including phenoxy) is 2. The summed E-state index contributed by atoms with van der Waals surface area (Å²) < 4.78 is 9.71. The number of unbranched alkanes of at least 4 members (excludes halogenated alkanes) is 1. The lowest BCUT2D eigenvalue weighted by Crippen LogP contribution is -2.07. The number of hydrogen-bond donors (Lipinski definition) is 0. The van der Waals surface area contributed by atoms with Crippen LogP contribution in [0.2, 0.25) is 0 Å². The van der Waals surface area contributed by atoms with Gasteiger partial charge in [-0.2, -0.15) is 0 Å². The molecule has 0 bridgehead atoms. The monoisotopic (exact) mass is 308 g/mol. The second kappa shape index (κ2) is 11.9. The van der Waals surface area contributed by atoms with Crippen LogP contribution in [0.3, 0.4) is 0 Å². The zero-order valence-electron chi connectivity index (χ0n) is 14.4. The van der Waals surface area contributed by atoms with Crippen molar-refractivity contribution in [3.8, 4) is 0 Å². The first-order valence-corrected chi connectivity index (χ1v) is 7.64. The van der Waals surface area contributed by atoms with Crippen LogP contribution in [0.25, 0.3) is 0 Å². The van der Waals surface area contributed by atoms with E-state index in [-0.39, 0.29) is 11.8 Å². The molecule has 0 saturated carbocycles. The lowest BCUT2D eigenvalue weighted by Gasteiger charge is -2.06. The highest BCUT2D eigenvalue weighted by Gasteiger charge is 2.07. The molecule has 1 rings (SSSR count). The normalized spacial score (nSPS) is 9.68. The number of esters is 1. The van der Waals surface area contributed by atoms with Gasteiger partial charge in [0.1, 0.15) is 5.78 Å². The quantitative estimate of drug-likeness (QED) is 0.567. The number of rotatable bonds is 7. The molecule has 0 N–H and O–H groups in total. The van der Waals surface area contributed by atoms with Crippen LogP contribution in [0.5, 0.6) is 0 Å². The Bertz CT molecular complexity index is 444. The van der Waals surface area contributed by atoms with E-state index in [1.165, 1.54) is 0 Å². The Morgan fingerprint density at radius 2 is 1.59 bits per heavy atom. The Labute approximate surface area is 133 Å². The van der Waals surface area contributed by atoms with Gasteiger partial charge >= 0.3 is 5.97 Å². The number of carbonyl (C=O) groups excluding carboxylic acids is 2. The Morgan fingerprint density at radius 3 is 2.05 bits per heavy atom. The first-order valence-electron chi connectivity index (χ1n) is 7.64. The Morgan fingerprint density at radius 1 is 1.05 bits per heavy atom. The molecule has 0 radical (unpaired) electrons. The molecule has 0 fully saturated rings. The van der Waals surface area contributed by atoms with Crippen LogP contribution in [0.15, 0.2) is 18.2 Å². The van der Waals surface area contributed by atoms with Crippen molar-refractivity contribution >= 4 is 11.8 Å². The van der Waals surface area contributed by atoms with Gasteiger partial charge in [-0.25, -0.2) is 4.79 Å². The van der Waals surface area contributed by atoms with Crippen molar-refractivity contribution in [1.29, 1.82) is 0 Å². The molecule has 0 aliphatic carbocycles. The van der Waals surface area contributed by atoms with Crippen LogP contribution >= 0.6 is 0 Å². The maximum absolute atomic E-state index is 11.8. The van der Waals surface area contributed by atoms with Crippen LogP contribution in [-0.4, -0.2) is 32.1 Å². The predicted octanol–water partition coefficient (Wildman–Crippen LogP) is 3.87. The highest BCUT2D eigenvalue weighted by atomic mass is 16.5. The van der Waals surface area contributed by atoms with Crippen molar-refractivity contribution in [2.45, 2.75) is 47.0 Å². The van der Waals surface area contributed by atoms with Gasteiger partial charge in [-0.1, -0.05) is 17.2 Å². The Kier molecular flexibility index (Phi) is 11.0. The average molecular weight is 308 g/mol. The minimum atomic E-state index is -0.287. The number of Topliss-reactive ketones (excluding diaryl/α,β-unsaturated/α-hetero) is 1. The zero-order valence-corrected chi connectivity index (χ0v) is 14.4. The molecule has 0 saturated heterocycles. The third-order valence-electron chi connectivity index (χ3n) is 2.90. The van der Waals surface area contributed by atoms with Crippen LogP contribution in [0.4, 0.5) is 0 Å². The maximum atomic E-state index is 11.8. The maximum Gasteiger partial charge on any atom is 0.338 e. The fraction of sp³-hybridized carbons (Fsp3) is 0.556. The van der Waals surface area contributed by atoms with Crippen LogP contribution in [-0.2, 0) is 14.3 Å². The van der Waals surface area contributed by atoms with Crippen molar-refractivity contribution in [3.05, 3.63) is 34.9 Å². The molecule has 4 heteroatoms. The third kappa shape index (κ3) is 10.1. The van der Waals surface area contributed by atoms with Gasteiger partial charge in [0.15, 0.2) is 0 Å². The standard InChI is InChI=1S/C15H20O3.C3H8O/c1-11-8-12(2)10-14(9-11)15(17)18-7-5-4-6-13(3)16;1-3-4-2/h8-10H,4-7H2,1-3H3;3H2,1-2H3. The van der Waals surface area contributed by atoms with Crippen molar-refractivity contribution in [2.75, 3.05) is 20.3 Å². The van der Waals surface area contributed by atoms with Gasteiger partial charge in [-0.05, 0) is 52.7 Å². The summed E-state index contributed by atoms with van der Waals surface area (Å²) in [5.74, 6) is -0.111. The highest BCUT2D eigenvalue weighted by Crippen LogP contribution is 2.10. The molecule has 0 aliphatic rings. The third-order valence-corrected chi connectivity index (χ3v) is 2.90. The Hall–Kier alpha value is -1.68. The van der Waals surface area contributed by atoms with Gasteiger partial charge in [-0.15, -0.1) is 0 Å². The molecule has 0 unspecified atom stereocenters. The summed E-state index contributed by atoms with van der Waals surface area (Å²) in [4.78, 5) is 22.5. The van der Waals surface area contributed by atoms with E-state index < -0.39 is 0 Å². The summed E-state index contributed by atoms with van der Waals surface area (Å²) in [6.45, 7) is 8.63. The van der Waals surface area contributed by atoms with Crippen LogP contribution in [0, 0.1) is 13.8 Å². The first-order chi connectivity index (χ1) is 10.4. The minimum absolute atomic E-state index is 0.177. The molecule has 0 aliphatic heterocycles. The molecule has 0 spiro atoms. The van der Waals surface area contributed by atoms with E-state index in [1.807, 2.05) is 39.0 Å². The molecule has 1 aromatic carbocycles. The van der Waals surface area contributed by atoms with Gasteiger partial charge in [0.2, 0.25) is 0 Å². The number of carbonyl (C=O) groups is 2. The van der Waals surface area contributed by atoms with Crippen molar-refractivity contribution in [3.63, 3.8) is 0 Å². The molecule has 0 heterocycles.